The van der Waals surface area contributed by atoms with Gasteiger partial charge in [-0.2, -0.15) is 0 Å². The summed E-state index contributed by atoms with van der Waals surface area (Å²) in [7, 11) is 0. The molecule has 4 nitrogen and oxygen atoms in total. The third-order valence-electron chi connectivity index (χ3n) is 2.18. The first-order valence-electron chi connectivity index (χ1n) is 5.15. The van der Waals surface area contributed by atoms with Gasteiger partial charge in [0.1, 0.15) is 0 Å². The van der Waals surface area contributed by atoms with Crippen molar-refractivity contribution in [1.29, 1.82) is 0 Å². The van der Waals surface area contributed by atoms with Crippen LogP contribution in [0.15, 0.2) is 0 Å². The van der Waals surface area contributed by atoms with Crippen molar-refractivity contribution < 1.29 is 20.1 Å². The van der Waals surface area contributed by atoms with Crippen molar-refractivity contribution >= 4 is 5.97 Å². The van der Waals surface area contributed by atoms with Crippen molar-refractivity contribution in [2.45, 2.75) is 57.7 Å². The Kier molecular flexibility index (Phi) is 7.42. The Balaban J connectivity index is 3.51. The lowest BCUT2D eigenvalue weighted by molar-refractivity contribution is -0.141. The minimum absolute atomic E-state index is 0.380. The maximum atomic E-state index is 10.2. The number of hydrogen-bond acceptors (Lipinski definition) is 3. The Labute approximate surface area is 84.6 Å². The van der Waals surface area contributed by atoms with Crippen LogP contribution < -0.4 is 0 Å². The lowest BCUT2D eigenvalue weighted by Crippen LogP contribution is -2.28. The molecule has 0 aromatic carbocycles. The molecule has 0 radical (unpaired) electrons. The lowest BCUT2D eigenvalue weighted by Gasteiger charge is -2.15. The first-order valence-corrected chi connectivity index (χ1v) is 5.15. The molecule has 84 valence electrons. The van der Waals surface area contributed by atoms with Crippen LogP contribution in [0.3, 0.4) is 0 Å². The maximum Gasteiger partial charge on any atom is 0.306 e. The molecule has 14 heavy (non-hydrogen) atoms. The predicted octanol–water partition coefficient (Wildman–Crippen LogP) is 1.15. The van der Waals surface area contributed by atoms with Crippen LogP contribution in [0.5, 0.6) is 0 Å². The van der Waals surface area contributed by atoms with Crippen LogP contribution in [0, 0.1) is 0 Å². The zero-order valence-electron chi connectivity index (χ0n) is 8.65. The standard InChI is InChI=1S/C10H20O4/c1-2-3-4-5-6-8(11)9(12)7-10(13)14/h8-9,11-12H,2-7H2,1H3,(H,13,14). The molecule has 3 N–H and O–H groups in total. The first-order chi connectivity index (χ1) is 6.57. The van der Waals surface area contributed by atoms with Gasteiger partial charge in [-0.1, -0.05) is 32.6 Å². The quantitative estimate of drug-likeness (QED) is 0.518. The van der Waals surface area contributed by atoms with E-state index in [0.29, 0.717) is 6.42 Å². The number of carboxylic acids is 1. The number of aliphatic carboxylic acids is 1. The second-order valence-corrected chi connectivity index (χ2v) is 3.58. The first kappa shape index (κ1) is 13.4. The molecule has 0 spiro atoms. The highest BCUT2D eigenvalue weighted by atomic mass is 16.4. The molecule has 4 heteroatoms. The molecule has 0 rings (SSSR count). The van der Waals surface area contributed by atoms with Crippen LogP contribution >= 0.6 is 0 Å². The average molecular weight is 204 g/mol. The van der Waals surface area contributed by atoms with Crippen LogP contribution in [0.25, 0.3) is 0 Å². The van der Waals surface area contributed by atoms with Crippen LogP contribution in [0.2, 0.25) is 0 Å². The monoisotopic (exact) mass is 204 g/mol. The highest BCUT2D eigenvalue weighted by molar-refractivity contribution is 5.67. The van der Waals surface area contributed by atoms with Gasteiger partial charge in [-0.05, 0) is 6.42 Å². The second-order valence-electron chi connectivity index (χ2n) is 3.58. The minimum atomic E-state index is -1.13. The average Bonchev–Trinajstić information content (AvgIpc) is 2.11. The lowest BCUT2D eigenvalue weighted by atomic mass is 10.0. The fourth-order valence-corrected chi connectivity index (χ4v) is 1.29. The minimum Gasteiger partial charge on any atom is -0.481 e. The van der Waals surface area contributed by atoms with Gasteiger partial charge in [0.05, 0.1) is 18.6 Å². The van der Waals surface area contributed by atoms with E-state index in [4.69, 9.17) is 5.11 Å². The smallest absolute Gasteiger partial charge is 0.306 e. The molecule has 0 aliphatic rings. The van der Waals surface area contributed by atoms with Crippen LogP contribution in [-0.4, -0.2) is 33.5 Å². The molecule has 0 amide bonds. The number of aliphatic hydroxyl groups is 2. The van der Waals surface area contributed by atoms with Gasteiger partial charge in [-0.15, -0.1) is 0 Å². The molecule has 0 aromatic heterocycles. The van der Waals surface area contributed by atoms with Gasteiger partial charge >= 0.3 is 5.97 Å². The van der Waals surface area contributed by atoms with E-state index in [1.165, 1.54) is 0 Å². The molecule has 0 fully saturated rings. The number of unbranched alkanes of at least 4 members (excludes halogenated alkanes) is 3. The van der Waals surface area contributed by atoms with Gasteiger partial charge < -0.3 is 15.3 Å². The van der Waals surface area contributed by atoms with Gasteiger partial charge in [0.15, 0.2) is 0 Å². The molecule has 0 saturated heterocycles. The maximum absolute atomic E-state index is 10.2. The molecule has 2 unspecified atom stereocenters. The number of hydrogen-bond donors (Lipinski definition) is 3. The third kappa shape index (κ3) is 6.86. The van der Waals surface area contributed by atoms with E-state index in [1.807, 2.05) is 0 Å². The molecule has 0 aromatic rings. The summed E-state index contributed by atoms with van der Waals surface area (Å²) in [6.07, 6.45) is 2.16. The Morgan fingerprint density at radius 2 is 1.79 bits per heavy atom. The number of rotatable bonds is 8. The number of carbonyl (C=O) groups is 1. The Morgan fingerprint density at radius 3 is 2.29 bits per heavy atom. The molecule has 0 aliphatic heterocycles. The zero-order valence-corrected chi connectivity index (χ0v) is 8.65. The van der Waals surface area contributed by atoms with Gasteiger partial charge in [0, 0.05) is 0 Å². The van der Waals surface area contributed by atoms with E-state index in [1.54, 1.807) is 0 Å². The fraction of sp³-hybridized carbons (Fsp3) is 0.900. The van der Waals surface area contributed by atoms with Crippen LogP contribution in [0.4, 0.5) is 0 Å². The van der Waals surface area contributed by atoms with Gasteiger partial charge in [0.25, 0.3) is 0 Å². The SMILES string of the molecule is CCCCCCC(O)C(O)CC(=O)O. The highest BCUT2D eigenvalue weighted by Crippen LogP contribution is 2.10. The molecule has 0 heterocycles. The largest absolute Gasteiger partial charge is 0.481 e. The summed E-state index contributed by atoms with van der Waals surface area (Å²) in [5, 5.41) is 26.9. The molecule has 0 saturated carbocycles. The van der Waals surface area contributed by atoms with Gasteiger partial charge in [-0.3, -0.25) is 4.79 Å². The summed E-state index contributed by atoms with van der Waals surface area (Å²) >= 11 is 0. The van der Waals surface area contributed by atoms with Crippen molar-refractivity contribution in [3.05, 3.63) is 0 Å². The van der Waals surface area contributed by atoms with Gasteiger partial charge in [-0.25, -0.2) is 0 Å². The number of carboxylic acid groups (broad SMARTS) is 1. The predicted molar refractivity (Wildman–Crippen MR) is 53.0 cm³/mol. The van der Waals surface area contributed by atoms with Crippen molar-refractivity contribution in [2.24, 2.45) is 0 Å². The summed E-state index contributed by atoms with van der Waals surface area (Å²) in [6, 6.07) is 0. The Hall–Kier alpha value is -0.610. The Morgan fingerprint density at radius 1 is 1.14 bits per heavy atom. The molecule has 0 aliphatic carbocycles. The van der Waals surface area contributed by atoms with Crippen molar-refractivity contribution in [3.63, 3.8) is 0 Å². The molecule has 2 atom stereocenters. The fourth-order valence-electron chi connectivity index (χ4n) is 1.29. The zero-order chi connectivity index (χ0) is 11.0. The normalized spacial score (nSPS) is 15.1. The molecular weight excluding hydrogens is 184 g/mol. The van der Waals surface area contributed by atoms with E-state index in [0.717, 1.165) is 25.7 Å². The van der Waals surface area contributed by atoms with Crippen LogP contribution in [0.1, 0.15) is 45.4 Å². The third-order valence-corrected chi connectivity index (χ3v) is 2.18. The topological polar surface area (TPSA) is 77.8 Å². The van der Waals surface area contributed by atoms with Crippen molar-refractivity contribution in [2.75, 3.05) is 0 Å². The summed E-state index contributed by atoms with van der Waals surface area (Å²) < 4.78 is 0. The summed E-state index contributed by atoms with van der Waals surface area (Å²) in [6.45, 7) is 2.09. The summed E-state index contributed by atoms with van der Waals surface area (Å²) in [4.78, 5) is 10.2. The van der Waals surface area contributed by atoms with E-state index in [9.17, 15) is 15.0 Å². The van der Waals surface area contributed by atoms with E-state index < -0.39 is 18.2 Å². The van der Waals surface area contributed by atoms with Crippen molar-refractivity contribution in [1.82, 2.24) is 0 Å². The van der Waals surface area contributed by atoms with Crippen LogP contribution in [-0.2, 0) is 4.79 Å². The van der Waals surface area contributed by atoms with E-state index >= 15 is 0 Å². The Bertz CT molecular complexity index is 158. The summed E-state index contributed by atoms with van der Waals surface area (Å²) in [5.41, 5.74) is 0. The van der Waals surface area contributed by atoms with E-state index in [-0.39, 0.29) is 6.42 Å². The number of aliphatic hydroxyl groups excluding tert-OH is 2. The van der Waals surface area contributed by atoms with Gasteiger partial charge in [0.2, 0.25) is 0 Å². The van der Waals surface area contributed by atoms with E-state index in [2.05, 4.69) is 6.92 Å². The second kappa shape index (κ2) is 7.76. The molecular formula is C10H20O4. The van der Waals surface area contributed by atoms with Crippen molar-refractivity contribution in [3.8, 4) is 0 Å². The summed E-state index contributed by atoms with van der Waals surface area (Å²) in [5.74, 6) is -1.08. The molecule has 0 bridgehead atoms. The highest BCUT2D eigenvalue weighted by Gasteiger charge is 2.18.